The van der Waals surface area contributed by atoms with Crippen molar-refractivity contribution in [2.75, 3.05) is 7.05 Å². The molecule has 0 saturated carbocycles. The first kappa shape index (κ1) is 12.4. The monoisotopic (exact) mass is 143 g/mol. The lowest BCUT2D eigenvalue weighted by atomic mass is 10.1. The fraction of sp³-hybridized carbons (Fsp3) is 0.778. The Labute approximate surface area is 65.3 Å². The van der Waals surface area contributed by atoms with Gasteiger partial charge >= 0.3 is 0 Å². The summed E-state index contributed by atoms with van der Waals surface area (Å²) in [7, 11) is 1.50. The van der Waals surface area contributed by atoms with Crippen molar-refractivity contribution >= 4 is 0 Å². The first-order valence-corrected chi connectivity index (χ1v) is 3.99. The molecule has 10 heavy (non-hydrogen) atoms. The van der Waals surface area contributed by atoms with Gasteiger partial charge in [0.05, 0.1) is 0 Å². The van der Waals surface area contributed by atoms with Crippen LogP contribution in [0.5, 0.6) is 0 Å². The van der Waals surface area contributed by atoms with Crippen molar-refractivity contribution in [3.63, 3.8) is 0 Å². The molecule has 1 heteroatoms. The van der Waals surface area contributed by atoms with E-state index in [0.717, 1.165) is 0 Å². The minimum atomic E-state index is 1.22. The predicted molar refractivity (Wildman–Crippen MR) is 49.1 cm³/mol. The van der Waals surface area contributed by atoms with E-state index in [1.54, 1.807) is 0 Å². The molecule has 0 bridgehead atoms. The molecule has 0 atom stereocenters. The van der Waals surface area contributed by atoms with Gasteiger partial charge in [-0.25, -0.2) is 0 Å². The smallest absolute Gasteiger partial charge is 0.0195 e. The molecule has 0 aliphatic carbocycles. The summed E-state index contributed by atoms with van der Waals surface area (Å²) in [5.74, 6) is 0. The van der Waals surface area contributed by atoms with Crippen LogP contribution in [0.2, 0.25) is 0 Å². The molecule has 0 aliphatic heterocycles. The third-order valence-electron chi connectivity index (χ3n) is 1.21. The molecule has 2 N–H and O–H groups in total. The van der Waals surface area contributed by atoms with Crippen molar-refractivity contribution in [3.05, 3.63) is 12.2 Å². The van der Waals surface area contributed by atoms with E-state index in [2.05, 4.69) is 26.2 Å². The Kier molecular flexibility index (Phi) is 14.2. The Morgan fingerprint density at radius 3 is 2.10 bits per heavy atom. The van der Waals surface area contributed by atoms with Crippen LogP contribution < -0.4 is 5.73 Å². The lowest BCUT2D eigenvalue weighted by Crippen LogP contribution is -1.74. The summed E-state index contributed by atoms with van der Waals surface area (Å²) in [4.78, 5) is 0. The second-order valence-electron chi connectivity index (χ2n) is 2.41. The van der Waals surface area contributed by atoms with Crippen LogP contribution in [-0.2, 0) is 0 Å². The second kappa shape index (κ2) is 11.5. The van der Waals surface area contributed by atoms with Gasteiger partial charge in [0.25, 0.3) is 0 Å². The fourth-order valence-corrected chi connectivity index (χ4v) is 0.677. The average Bonchev–Trinajstić information content (AvgIpc) is 1.92. The first-order valence-electron chi connectivity index (χ1n) is 3.99. The maximum absolute atomic E-state index is 4.50. The predicted octanol–water partition coefficient (Wildman–Crippen LogP) is 2.72. The molecule has 0 amide bonds. The first-order chi connectivity index (χ1) is 4.77. The number of hydrogen-bond acceptors (Lipinski definition) is 1. The van der Waals surface area contributed by atoms with Crippen molar-refractivity contribution in [2.45, 2.75) is 39.5 Å². The summed E-state index contributed by atoms with van der Waals surface area (Å²) in [6, 6.07) is 0. The van der Waals surface area contributed by atoms with Crippen LogP contribution in [-0.4, -0.2) is 7.05 Å². The number of rotatable bonds is 4. The van der Waals surface area contributed by atoms with Gasteiger partial charge in [0.15, 0.2) is 0 Å². The van der Waals surface area contributed by atoms with E-state index < -0.39 is 0 Å². The Balaban J connectivity index is 0. The van der Waals surface area contributed by atoms with Crippen LogP contribution in [0.25, 0.3) is 0 Å². The van der Waals surface area contributed by atoms with Gasteiger partial charge in [-0.3, -0.25) is 0 Å². The minimum absolute atomic E-state index is 1.22. The van der Waals surface area contributed by atoms with Crippen molar-refractivity contribution < 1.29 is 0 Å². The zero-order valence-corrected chi connectivity index (χ0v) is 7.61. The molecule has 0 aliphatic rings. The molecule has 0 unspecified atom stereocenters. The summed E-state index contributed by atoms with van der Waals surface area (Å²) < 4.78 is 0. The van der Waals surface area contributed by atoms with E-state index in [9.17, 15) is 0 Å². The lowest BCUT2D eigenvalue weighted by molar-refractivity contribution is 0.714. The molecule has 0 aromatic carbocycles. The van der Waals surface area contributed by atoms with Gasteiger partial charge in [0.1, 0.15) is 0 Å². The number of unbranched alkanes of at least 4 members (excludes halogenated alkanes) is 2. The Hall–Kier alpha value is -0.300. The molecule has 0 fully saturated rings. The number of nitrogens with two attached hydrogens (primary N) is 1. The highest BCUT2D eigenvalue weighted by Crippen LogP contribution is 2.04. The number of allylic oxidation sites excluding steroid dienone is 1. The molecule has 62 valence electrons. The van der Waals surface area contributed by atoms with E-state index in [-0.39, 0.29) is 0 Å². The van der Waals surface area contributed by atoms with Gasteiger partial charge in [0.2, 0.25) is 0 Å². The van der Waals surface area contributed by atoms with E-state index in [1.165, 1.54) is 38.3 Å². The quantitative estimate of drug-likeness (QED) is 0.475. The van der Waals surface area contributed by atoms with E-state index >= 15 is 0 Å². The molecular weight excluding hydrogens is 122 g/mol. The maximum Gasteiger partial charge on any atom is -0.0195 e. The van der Waals surface area contributed by atoms with Gasteiger partial charge in [-0.2, -0.15) is 0 Å². The van der Waals surface area contributed by atoms with Gasteiger partial charge in [0, 0.05) is 0 Å². The van der Waals surface area contributed by atoms with Crippen LogP contribution in [0.4, 0.5) is 0 Å². The Morgan fingerprint density at radius 2 is 1.80 bits per heavy atom. The average molecular weight is 143 g/mol. The molecular formula is C9H21N. The lowest BCUT2D eigenvalue weighted by Gasteiger charge is -1.94. The van der Waals surface area contributed by atoms with E-state index in [4.69, 9.17) is 0 Å². The standard InChI is InChI=1S/C8H16.CH5N/c1-4-5-6-7-8(2)3;1-2/h2,4-7H2,1,3H3;2H2,1H3. The maximum atomic E-state index is 4.50. The third-order valence-corrected chi connectivity index (χ3v) is 1.21. The number of hydrogen-bond donors (Lipinski definition) is 1. The van der Waals surface area contributed by atoms with Crippen molar-refractivity contribution in [2.24, 2.45) is 5.73 Å². The summed E-state index contributed by atoms with van der Waals surface area (Å²) in [5.41, 5.74) is 5.82. The topological polar surface area (TPSA) is 26.0 Å². The molecule has 0 heterocycles. The van der Waals surface area contributed by atoms with Crippen molar-refractivity contribution in [1.82, 2.24) is 0 Å². The van der Waals surface area contributed by atoms with Crippen LogP contribution in [0, 0.1) is 0 Å². The van der Waals surface area contributed by atoms with Crippen molar-refractivity contribution in [1.29, 1.82) is 0 Å². The van der Waals surface area contributed by atoms with Crippen LogP contribution in [0.3, 0.4) is 0 Å². The highest BCUT2D eigenvalue weighted by molar-refractivity contribution is 4.86. The van der Waals surface area contributed by atoms with Crippen LogP contribution in [0.15, 0.2) is 12.2 Å². The van der Waals surface area contributed by atoms with Gasteiger partial charge in [-0.05, 0) is 26.8 Å². The molecule has 0 spiro atoms. The third kappa shape index (κ3) is 15.6. The van der Waals surface area contributed by atoms with Gasteiger partial charge in [-0.1, -0.05) is 25.3 Å². The van der Waals surface area contributed by atoms with Crippen LogP contribution in [0.1, 0.15) is 39.5 Å². The minimum Gasteiger partial charge on any atom is -0.333 e. The SMILES string of the molecule is C=C(C)CCCCC.CN. The normalized spacial score (nSPS) is 8.00. The summed E-state index contributed by atoms with van der Waals surface area (Å²) in [6.07, 6.45) is 5.21. The fourth-order valence-electron chi connectivity index (χ4n) is 0.677. The Bertz CT molecular complexity index is 67.1. The van der Waals surface area contributed by atoms with Crippen molar-refractivity contribution in [3.8, 4) is 0 Å². The highest BCUT2D eigenvalue weighted by atomic mass is 14.4. The van der Waals surface area contributed by atoms with E-state index in [1.807, 2.05) is 0 Å². The zero-order valence-electron chi connectivity index (χ0n) is 7.61. The largest absolute Gasteiger partial charge is 0.333 e. The zero-order chi connectivity index (χ0) is 8.41. The Morgan fingerprint density at radius 1 is 1.30 bits per heavy atom. The molecule has 1 nitrogen and oxygen atoms in total. The molecule has 0 aromatic heterocycles. The molecule has 0 aromatic rings. The molecule has 0 saturated heterocycles. The summed E-state index contributed by atoms with van der Waals surface area (Å²) in [5, 5.41) is 0. The van der Waals surface area contributed by atoms with Crippen LogP contribution >= 0.6 is 0 Å². The van der Waals surface area contributed by atoms with E-state index in [0.29, 0.717) is 0 Å². The van der Waals surface area contributed by atoms with Gasteiger partial charge in [-0.15, -0.1) is 6.58 Å². The van der Waals surface area contributed by atoms with Gasteiger partial charge < -0.3 is 5.73 Å². The second-order valence-corrected chi connectivity index (χ2v) is 2.41. The summed E-state index contributed by atoms with van der Waals surface area (Å²) >= 11 is 0. The molecule has 0 radical (unpaired) electrons. The highest BCUT2D eigenvalue weighted by Gasteiger charge is 1.84. The molecule has 0 rings (SSSR count). The summed E-state index contributed by atoms with van der Waals surface area (Å²) in [6.45, 7) is 8.14.